The Morgan fingerprint density at radius 1 is 0.933 bits per heavy atom. The highest BCUT2D eigenvalue weighted by Crippen LogP contribution is 2.21. The smallest absolute Gasteiger partial charge is 0.256 e. The van der Waals surface area contributed by atoms with Gasteiger partial charge in [-0.05, 0) is 36.7 Å². The molecule has 4 aromatic rings. The number of aromatic amines is 1. The lowest BCUT2D eigenvalue weighted by Gasteiger charge is -2.07. The standard InChI is InChI=1S/C22H20N6O2/c1-23-13-20(29)26-17-8-4-7-15(9-17)22(30)28-19-12-25-21(27-19)18-10-14-5-2-3-6-16(14)11-24-18/h2-12,23H,13H2,1H3,(H,25,27)(H,26,29)(H,28,30). The number of imidazole rings is 1. The first-order valence-corrected chi connectivity index (χ1v) is 9.38. The molecule has 2 heterocycles. The molecule has 0 aliphatic carbocycles. The Morgan fingerprint density at radius 2 is 1.77 bits per heavy atom. The van der Waals surface area contributed by atoms with Crippen LogP contribution in [0.25, 0.3) is 22.3 Å². The molecule has 0 saturated heterocycles. The van der Waals surface area contributed by atoms with Gasteiger partial charge in [0.1, 0.15) is 11.5 Å². The average molecular weight is 400 g/mol. The second-order valence-electron chi connectivity index (χ2n) is 6.68. The van der Waals surface area contributed by atoms with E-state index in [2.05, 4.69) is 30.9 Å². The minimum atomic E-state index is -0.318. The molecule has 0 radical (unpaired) electrons. The number of nitrogens with one attached hydrogen (secondary N) is 4. The van der Waals surface area contributed by atoms with Gasteiger partial charge in [0.25, 0.3) is 5.91 Å². The quantitative estimate of drug-likeness (QED) is 0.397. The number of likely N-dealkylation sites (N-methyl/N-ethyl adjacent to an activating group) is 1. The first-order valence-electron chi connectivity index (χ1n) is 9.38. The fourth-order valence-corrected chi connectivity index (χ4v) is 3.03. The lowest BCUT2D eigenvalue weighted by molar-refractivity contribution is -0.115. The van der Waals surface area contributed by atoms with Crippen LogP contribution < -0.4 is 16.0 Å². The minimum absolute atomic E-state index is 0.184. The van der Waals surface area contributed by atoms with Crippen LogP contribution in [0, 0.1) is 0 Å². The predicted octanol–water partition coefficient (Wildman–Crippen LogP) is 3.04. The van der Waals surface area contributed by atoms with Gasteiger partial charge in [-0.15, -0.1) is 0 Å². The Bertz CT molecular complexity index is 1220. The second kappa shape index (κ2) is 8.54. The van der Waals surface area contributed by atoms with Crippen molar-refractivity contribution in [1.29, 1.82) is 0 Å². The van der Waals surface area contributed by atoms with E-state index < -0.39 is 0 Å². The normalized spacial score (nSPS) is 10.7. The van der Waals surface area contributed by atoms with E-state index >= 15 is 0 Å². The molecule has 150 valence electrons. The molecule has 0 spiro atoms. The maximum atomic E-state index is 12.6. The van der Waals surface area contributed by atoms with Crippen molar-refractivity contribution in [2.75, 3.05) is 24.2 Å². The van der Waals surface area contributed by atoms with E-state index in [-0.39, 0.29) is 18.4 Å². The van der Waals surface area contributed by atoms with Crippen molar-refractivity contribution in [2.24, 2.45) is 0 Å². The summed E-state index contributed by atoms with van der Waals surface area (Å²) >= 11 is 0. The summed E-state index contributed by atoms with van der Waals surface area (Å²) < 4.78 is 0. The molecule has 0 unspecified atom stereocenters. The maximum Gasteiger partial charge on any atom is 0.256 e. The van der Waals surface area contributed by atoms with Gasteiger partial charge in [-0.25, -0.2) is 4.98 Å². The highest BCUT2D eigenvalue weighted by Gasteiger charge is 2.11. The van der Waals surface area contributed by atoms with Crippen LogP contribution in [0.15, 0.2) is 67.0 Å². The summed E-state index contributed by atoms with van der Waals surface area (Å²) in [6.07, 6.45) is 3.34. The molecule has 2 aromatic carbocycles. The second-order valence-corrected chi connectivity index (χ2v) is 6.68. The number of nitrogens with zero attached hydrogens (tertiary/aromatic N) is 2. The number of aromatic nitrogens is 3. The number of carbonyl (C=O) groups is 2. The van der Waals surface area contributed by atoms with Gasteiger partial charge in [0, 0.05) is 22.8 Å². The topological polar surface area (TPSA) is 112 Å². The minimum Gasteiger partial charge on any atom is -0.325 e. The molecule has 0 atom stereocenters. The molecule has 0 saturated carbocycles. The van der Waals surface area contributed by atoms with Crippen LogP contribution in [0.5, 0.6) is 0 Å². The fourth-order valence-electron chi connectivity index (χ4n) is 3.03. The fraction of sp³-hybridized carbons (Fsp3) is 0.0909. The van der Waals surface area contributed by atoms with E-state index in [4.69, 9.17) is 0 Å². The van der Waals surface area contributed by atoms with Crippen molar-refractivity contribution >= 4 is 34.1 Å². The summed E-state index contributed by atoms with van der Waals surface area (Å²) in [5.74, 6) is 0.510. The molecule has 2 amide bonds. The molecule has 0 bridgehead atoms. The summed E-state index contributed by atoms with van der Waals surface area (Å²) in [5.41, 5.74) is 1.65. The molecule has 8 nitrogen and oxygen atoms in total. The van der Waals surface area contributed by atoms with Gasteiger partial charge in [0.15, 0.2) is 5.82 Å². The number of rotatable bonds is 6. The number of pyridine rings is 1. The van der Waals surface area contributed by atoms with Gasteiger partial charge < -0.3 is 20.9 Å². The SMILES string of the molecule is CNCC(=O)Nc1cccc(C(=O)Nc2cnc(-c3cc4ccccc4cn3)[nH]2)c1. The maximum absolute atomic E-state index is 12.6. The van der Waals surface area contributed by atoms with Gasteiger partial charge >= 0.3 is 0 Å². The van der Waals surface area contributed by atoms with Gasteiger partial charge in [-0.1, -0.05) is 30.3 Å². The highest BCUT2D eigenvalue weighted by molar-refractivity contribution is 6.05. The largest absolute Gasteiger partial charge is 0.325 e. The molecule has 0 fully saturated rings. The average Bonchev–Trinajstić information content (AvgIpc) is 3.22. The Hall–Kier alpha value is -4.04. The third-order valence-corrected chi connectivity index (χ3v) is 4.44. The third kappa shape index (κ3) is 4.34. The zero-order valence-electron chi connectivity index (χ0n) is 16.3. The van der Waals surface area contributed by atoms with Crippen LogP contribution in [-0.4, -0.2) is 40.4 Å². The molecule has 2 aromatic heterocycles. The summed E-state index contributed by atoms with van der Waals surface area (Å²) in [4.78, 5) is 36.1. The zero-order chi connectivity index (χ0) is 20.9. The number of carbonyl (C=O) groups excluding carboxylic acids is 2. The number of H-pyrrole nitrogens is 1. The molecular weight excluding hydrogens is 380 g/mol. The predicted molar refractivity (Wildman–Crippen MR) is 116 cm³/mol. The van der Waals surface area contributed by atoms with E-state index in [9.17, 15) is 9.59 Å². The third-order valence-electron chi connectivity index (χ3n) is 4.44. The first-order chi connectivity index (χ1) is 14.6. The molecule has 0 aliphatic rings. The number of benzene rings is 2. The van der Waals surface area contributed by atoms with Crippen LogP contribution >= 0.6 is 0 Å². The molecule has 4 N–H and O–H groups in total. The monoisotopic (exact) mass is 400 g/mol. The van der Waals surface area contributed by atoms with Crippen molar-refractivity contribution in [3.8, 4) is 11.5 Å². The lowest BCUT2D eigenvalue weighted by Crippen LogP contribution is -2.25. The Labute approximate surface area is 172 Å². The number of amides is 2. The Kier molecular flexibility index (Phi) is 5.49. The van der Waals surface area contributed by atoms with Crippen molar-refractivity contribution in [3.05, 3.63) is 72.6 Å². The van der Waals surface area contributed by atoms with Crippen LogP contribution in [-0.2, 0) is 4.79 Å². The molecule has 30 heavy (non-hydrogen) atoms. The van der Waals surface area contributed by atoms with E-state index in [0.717, 1.165) is 10.8 Å². The van der Waals surface area contributed by atoms with E-state index in [1.54, 1.807) is 43.7 Å². The Morgan fingerprint density at radius 3 is 2.60 bits per heavy atom. The van der Waals surface area contributed by atoms with Crippen molar-refractivity contribution in [3.63, 3.8) is 0 Å². The number of hydrogen-bond donors (Lipinski definition) is 4. The van der Waals surface area contributed by atoms with E-state index in [1.165, 1.54) is 0 Å². The number of anilines is 2. The zero-order valence-corrected chi connectivity index (χ0v) is 16.3. The van der Waals surface area contributed by atoms with Gasteiger partial charge in [0.05, 0.1) is 12.7 Å². The van der Waals surface area contributed by atoms with E-state index in [1.807, 2.05) is 30.3 Å². The van der Waals surface area contributed by atoms with Crippen molar-refractivity contribution in [2.45, 2.75) is 0 Å². The highest BCUT2D eigenvalue weighted by atomic mass is 16.2. The summed E-state index contributed by atoms with van der Waals surface area (Å²) in [6.45, 7) is 0.191. The van der Waals surface area contributed by atoms with Crippen molar-refractivity contribution in [1.82, 2.24) is 20.3 Å². The van der Waals surface area contributed by atoms with Gasteiger partial charge in [-0.2, -0.15) is 0 Å². The first kappa shape index (κ1) is 19.3. The van der Waals surface area contributed by atoms with Crippen LogP contribution in [0.4, 0.5) is 11.5 Å². The molecule has 4 rings (SSSR count). The summed E-state index contributed by atoms with van der Waals surface area (Å²) in [6, 6.07) is 16.6. The molecular formula is C22H20N6O2. The number of hydrogen-bond acceptors (Lipinski definition) is 5. The van der Waals surface area contributed by atoms with Gasteiger partial charge in [-0.3, -0.25) is 14.6 Å². The van der Waals surface area contributed by atoms with E-state index in [0.29, 0.717) is 28.6 Å². The van der Waals surface area contributed by atoms with Crippen LogP contribution in [0.3, 0.4) is 0 Å². The Balaban J connectivity index is 1.48. The summed E-state index contributed by atoms with van der Waals surface area (Å²) in [5, 5.41) is 10.4. The molecule has 8 heteroatoms. The molecule has 0 aliphatic heterocycles. The van der Waals surface area contributed by atoms with Crippen LogP contribution in [0.1, 0.15) is 10.4 Å². The lowest BCUT2D eigenvalue weighted by atomic mass is 10.1. The summed E-state index contributed by atoms with van der Waals surface area (Å²) in [7, 11) is 1.69. The van der Waals surface area contributed by atoms with Crippen molar-refractivity contribution < 1.29 is 9.59 Å². The van der Waals surface area contributed by atoms with Gasteiger partial charge in [0.2, 0.25) is 5.91 Å². The van der Waals surface area contributed by atoms with Crippen LogP contribution in [0.2, 0.25) is 0 Å². The number of fused-ring (bicyclic) bond motifs is 1.